The van der Waals surface area contributed by atoms with E-state index in [1.807, 2.05) is 0 Å². The van der Waals surface area contributed by atoms with Crippen molar-refractivity contribution >= 4 is 5.78 Å². The molecule has 0 aliphatic rings. The van der Waals surface area contributed by atoms with Gasteiger partial charge in [-0.05, 0) is 18.2 Å². The Morgan fingerprint density at radius 3 is 1.82 bits per heavy atom. The Bertz CT molecular complexity index is 743. The van der Waals surface area contributed by atoms with Gasteiger partial charge in [-0.1, -0.05) is 0 Å². The van der Waals surface area contributed by atoms with E-state index in [4.69, 9.17) is 0 Å². The second-order valence-corrected chi connectivity index (χ2v) is 4.12. The van der Waals surface area contributed by atoms with Crippen molar-refractivity contribution in [1.29, 1.82) is 0 Å². The highest BCUT2D eigenvalue weighted by Gasteiger charge is 2.30. The van der Waals surface area contributed by atoms with Crippen molar-refractivity contribution in [2.24, 2.45) is 0 Å². The molecule has 2 nitrogen and oxygen atoms in total. The Labute approximate surface area is 119 Å². The van der Waals surface area contributed by atoms with Crippen molar-refractivity contribution in [2.75, 3.05) is 7.11 Å². The van der Waals surface area contributed by atoms with Crippen LogP contribution in [-0.4, -0.2) is 12.9 Å². The molecule has 22 heavy (non-hydrogen) atoms. The molecule has 2 aromatic rings. The van der Waals surface area contributed by atoms with Gasteiger partial charge in [0.1, 0.15) is 5.56 Å². The zero-order valence-electron chi connectivity index (χ0n) is 10.8. The van der Waals surface area contributed by atoms with Gasteiger partial charge in [0.25, 0.3) is 0 Å². The van der Waals surface area contributed by atoms with Gasteiger partial charge in [-0.25, -0.2) is 26.3 Å². The van der Waals surface area contributed by atoms with Crippen molar-refractivity contribution in [3.63, 3.8) is 0 Å². The van der Waals surface area contributed by atoms with Crippen molar-refractivity contribution < 1.29 is 35.9 Å². The molecule has 2 aromatic carbocycles. The fourth-order valence-electron chi connectivity index (χ4n) is 1.76. The lowest BCUT2D eigenvalue weighted by Crippen LogP contribution is -2.14. The Balaban J connectivity index is 2.62. The van der Waals surface area contributed by atoms with Crippen LogP contribution in [0.3, 0.4) is 0 Å². The number of ketones is 1. The summed E-state index contributed by atoms with van der Waals surface area (Å²) < 4.78 is 84.2. The summed E-state index contributed by atoms with van der Waals surface area (Å²) in [4.78, 5) is 11.9. The van der Waals surface area contributed by atoms with Gasteiger partial charge in [-0.3, -0.25) is 4.79 Å². The third kappa shape index (κ3) is 2.40. The quantitative estimate of drug-likeness (QED) is 0.372. The average Bonchev–Trinajstić information content (AvgIpc) is 2.51. The Morgan fingerprint density at radius 1 is 0.864 bits per heavy atom. The van der Waals surface area contributed by atoms with E-state index in [0.717, 1.165) is 19.2 Å². The molecule has 0 amide bonds. The van der Waals surface area contributed by atoms with Crippen molar-refractivity contribution in [1.82, 2.24) is 0 Å². The lowest BCUT2D eigenvalue weighted by Gasteiger charge is -2.08. The van der Waals surface area contributed by atoms with Crippen LogP contribution < -0.4 is 4.74 Å². The minimum atomic E-state index is -2.38. The molecule has 8 heteroatoms. The number of hydrogen-bond acceptors (Lipinski definition) is 2. The normalized spacial score (nSPS) is 10.7. The lowest BCUT2D eigenvalue weighted by molar-refractivity contribution is 0.102. The number of rotatable bonds is 3. The van der Waals surface area contributed by atoms with Crippen LogP contribution in [0.5, 0.6) is 5.75 Å². The molecule has 0 saturated heterocycles. The minimum Gasteiger partial charge on any atom is -0.494 e. The maximum atomic E-state index is 13.5. The molecule has 0 fully saturated rings. The number of benzene rings is 2. The summed E-state index contributed by atoms with van der Waals surface area (Å²) in [5.74, 6) is -14.3. The van der Waals surface area contributed by atoms with E-state index in [-0.39, 0.29) is 5.75 Å². The molecular weight excluding hydrogens is 314 g/mol. The second-order valence-electron chi connectivity index (χ2n) is 4.12. The van der Waals surface area contributed by atoms with Crippen LogP contribution in [0.2, 0.25) is 0 Å². The summed E-state index contributed by atoms with van der Waals surface area (Å²) in [5.41, 5.74) is -2.25. The van der Waals surface area contributed by atoms with E-state index < -0.39 is 51.8 Å². The number of hydrogen-bond donors (Lipinski definition) is 0. The standard InChI is InChI=1S/C14H6F6O2/c1-22-7-3-2-5(4-6(7)15)14(21)8-9(16)11(18)13(20)12(19)10(8)17/h2-4H,1H3. The van der Waals surface area contributed by atoms with E-state index in [9.17, 15) is 31.1 Å². The zero-order chi connectivity index (χ0) is 16.6. The molecule has 0 atom stereocenters. The first-order valence-electron chi connectivity index (χ1n) is 5.69. The van der Waals surface area contributed by atoms with Crippen LogP contribution >= 0.6 is 0 Å². The molecule has 0 radical (unpaired) electrons. The van der Waals surface area contributed by atoms with Crippen molar-refractivity contribution in [3.05, 3.63) is 64.2 Å². The molecule has 0 spiro atoms. The Morgan fingerprint density at radius 2 is 1.36 bits per heavy atom. The molecular formula is C14H6F6O2. The highest BCUT2D eigenvalue weighted by atomic mass is 19.2. The molecule has 0 N–H and O–H groups in total. The molecule has 0 heterocycles. The summed E-state index contributed by atoms with van der Waals surface area (Å²) in [5, 5.41) is 0. The fraction of sp³-hybridized carbons (Fsp3) is 0.0714. The summed E-state index contributed by atoms with van der Waals surface area (Å²) >= 11 is 0. The van der Waals surface area contributed by atoms with Gasteiger partial charge in [0.05, 0.1) is 7.11 Å². The summed E-state index contributed by atoms with van der Waals surface area (Å²) in [7, 11) is 1.14. The van der Waals surface area contributed by atoms with Crippen molar-refractivity contribution in [3.8, 4) is 5.75 Å². The van der Waals surface area contributed by atoms with Gasteiger partial charge in [0.15, 0.2) is 40.6 Å². The minimum absolute atomic E-state index is 0.256. The van der Waals surface area contributed by atoms with Crippen LogP contribution in [-0.2, 0) is 0 Å². The maximum Gasteiger partial charge on any atom is 0.200 e. The largest absolute Gasteiger partial charge is 0.494 e. The van der Waals surface area contributed by atoms with Gasteiger partial charge in [0.2, 0.25) is 5.82 Å². The third-order valence-corrected chi connectivity index (χ3v) is 2.85. The number of carbonyl (C=O) groups is 1. The third-order valence-electron chi connectivity index (χ3n) is 2.85. The van der Waals surface area contributed by atoms with E-state index >= 15 is 0 Å². The lowest BCUT2D eigenvalue weighted by atomic mass is 10.0. The number of carbonyl (C=O) groups excluding carboxylic acids is 1. The van der Waals surface area contributed by atoms with Crippen LogP contribution in [0.25, 0.3) is 0 Å². The molecule has 116 valence electrons. The fourth-order valence-corrected chi connectivity index (χ4v) is 1.76. The first-order chi connectivity index (χ1) is 10.3. The Kier molecular flexibility index (Phi) is 4.11. The molecule has 0 aliphatic carbocycles. The summed E-state index contributed by atoms with van der Waals surface area (Å²) in [6, 6.07) is 2.48. The average molecular weight is 320 g/mol. The first-order valence-corrected chi connectivity index (χ1v) is 5.69. The van der Waals surface area contributed by atoms with E-state index in [1.54, 1.807) is 0 Å². The number of halogens is 6. The molecule has 0 saturated carbocycles. The topological polar surface area (TPSA) is 26.3 Å². The zero-order valence-corrected chi connectivity index (χ0v) is 10.8. The van der Waals surface area contributed by atoms with Crippen LogP contribution in [0.15, 0.2) is 18.2 Å². The van der Waals surface area contributed by atoms with Crippen molar-refractivity contribution in [2.45, 2.75) is 0 Å². The second kappa shape index (κ2) is 5.70. The van der Waals surface area contributed by atoms with Crippen LogP contribution in [0.4, 0.5) is 26.3 Å². The predicted octanol–water partition coefficient (Wildman–Crippen LogP) is 3.76. The van der Waals surface area contributed by atoms with Gasteiger partial charge in [-0.15, -0.1) is 0 Å². The van der Waals surface area contributed by atoms with Crippen LogP contribution in [0.1, 0.15) is 15.9 Å². The summed E-state index contributed by atoms with van der Waals surface area (Å²) in [6.07, 6.45) is 0. The SMILES string of the molecule is COc1ccc(C(=O)c2c(F)c(F)c(F)c(F)c2F)cc1F. The highest BCUT2D eigenvalue weighted by molar-refractivity contribution is 6.09. The van der Waals surface area contributed by atoms with Gasteiger partial charge in [0, 0.05) is 5.56 Å². The molecule has 0 aliphatic heterocycles. The number of ether oxygens (including phenoxy) is 1. The molecule has 0 unspecified atom stereocenters. The van der Waals surface area contributed by atoms with E-state index in [1.165, 1.54) is 0 Å². The van der Waals surface area contributed by atoms with E-state index in [0.29, 0.717) is 6.07 Å². The van der Waals surface area contributed by atoms with Crippen LogP contribution in [0, 0.1) is 34.9 Å². The summed E-state index contributed by atoms with van der Waals surface area (Å²) in [6.45, 7) is 0. The highest BCUT2D eigenvalue weighted by Crippen LogP contribution is 2.26. The predicted molar refractivity (Wildman–Crippen MR) is 62.6 cm³/mol. The number of methoxy groups -OCH3 is 1. The monoisotopic (exact) mass is 320 g/mol. The van der Waals surface area contributed by atoms with Gasteiger partial charge in [-0.2, -0.15) is 0 Å². The maximum absolute atomic E-state index is 13.5. The van der Waals surface area contributed by atoms with E-state index in [2.05, 4.69) is 4.74 Å². The van der Waals surface area contributed by atoms with Gasteiger partial charge < -0.3 is 4.74 Å². The molecule has 0 aromatic heterocycles. The Hall–Kier alpha value is -2.51. The molecule has 0 bridgehead atoms. The van der Waals surface area contributed by atoms with Gasteiger partial charge >= 0.3 is 0 Å². The first kappa shape index (κ1) is 15.9. The molecule has 2 rings (SSSR count). The smallest absolute Gasteiger partial charge is 0.200 e.